The molecule has 158 valence electrons. The van der Waals surface area contributed by atoms with E-state index in [1.54, 1.807) is 0 Å². The fourth-order valence-corrected chi connectivity index (χ4v) is 2.51. The van der Waals surface area contributed by atoms with Gasteiger partial charge in [0, 0.05) is 6.08 Å². The van der Waals surface area contributed by atoms with Crippen LogP contribution in [0.1, 0.15) is 23.6 Å². The Kier molecular flexibility index (Phi) is 7.91. The average molecular weight is 419 g/mol. The van der Waals surface area contributed by atoms with E-state index in [0.717, 1.165) is 23.8 Å². The van der Waals surface area contributed by atoms with Crippen LogP contribution in [0.3, 0.4) is 0 Å². The third-order valence-electron chi connectivity index (χ3n) is 4.10. The van der Waals surface area contributed by atoms with E-state index in [1.807, 2.05) is 30.3 Å². The number of hydrogen-bond acceptors (Lipinski definition) is 4. The maximum absolute atomic E-state index is 12.5. The molecule has 0 aliphatic rings. The molecule has 8 heteroatoms. The molecule has 0 saturated carbocycles. The van der Waals surface area contributed by atoms with E-state index >= 15 is 0 Å². The van der Waals surface area contributed by atoms with E-state index in [9.17, 15) is 27.6 Å². The largest absolute Gasteiger partial charge is 0.452 e. The van der Waals surface area contributed by atoms with Crippen molar-refractivity contribution in [3.63, 3.8) is 0 Å². The molecule has 0 bridgehead atoms. The van der Waals surface area contributed by atoms with Gasteiger partial charge in [0.25, 0.3) is 5.91 Å². The first-order chi connectivity index (χ1) is 14.1. The molecule has 2 aromatic carbocycles. The van der Waals surface area contributed by atoms with E-state index < -0.39 is 36.3 Å². The molecular formula is C22H20F3NO4. The highest BCUT2D eigenvalue weighted by molar-refractivity contribution is 5.91. The van der Waals surface area contributed by atoms with Crippen molar-refractivity contribution < 1.29 is 32.3 Å². The molecule has 0 aliphatic heterocycles. The zero-order chi connectivity index (χ0) is 22.1. The summed E-state index contributed by atoms with van der Waals surface area (Å²) in [5, 5.41) is 2.52. The summed E-state index contributed by atoms with van der Waals surface area (Å²) in [6, 6.07) is 12.6. The molecule has 1 atom stereocenters. The summed E-state index contributed by atoms with van der Waals surface area (Å²) in [6.07, 6.45) is -1.85. The van der Waals surface area contributed by atoms with Gasteiger partial charge in [-0.25, -0.2) is 4.79 Å². The minimum Gasteiger partial charge on any atom is -0.452 e. The second kappa shape index (κ2) is 10.4. The second-order valence-corrected chi connectivity index (χ2v) is 6.48. The third-order valence-corrected chi connectivity index (χ3v) is 4.10. The molecule has 5 nitrogen and oxygen atoms in total. The van der Waals surface area contributed by atoms with Crippen LogP contribution in [0.2, 0.25) is 0 Å². The van der Waals surface area contributed by atoms with E-state index in [0.29, 0.717) is 12.0 Å². The molecule has 0 saturated heterocycles. The second-order valence-electron chi connectivity index (χ2n) is 6.48. The molecule has 0 spiro atoms. The number of rotatable bonds is 8. The smallest absolute Gasteiger partial charge is 0.416 e. The zero-order valence-corrected chi connectivity index (χ0v) is 16.1. The molecule has 1 amide bonds. The Labute approximate surface area is 171 Å². The number of ketones is 1. The summed E-state index contributed by atoms with van der Waals surface area (Å²) in [5.41, 5.74) is 0.438. The lowest BCUT2D eigenvalue weighted by atomic mass is 10.0. The van der Waals surface area contributed by atoms with Gasteiger partial charge in [-0.3, -0.25) is 9.59 Å². The Hall–Kier alpha value is -3.42. The van der Waals surface area contributed by atoms with E-state index in [-0.39, 0.29) is 5.78 Å². The van der Waals surface area contributed by atoms with Crippen molar-refractivity contribution in [1.82, 2.24) is 5.32 Å². The van der Waals surface area contributed by atoms with Gasteiger partial charge in [-0.15, -0.1) is 0 Å². The van der Waals surface area contributed by atoms with Crippen LogP contribution in [-0.4, -0.2) is 30.3 Å². The van der Waals surface area contributed by atoms with Gasteiger partial charge in [0.1, 0.15) is 0 Å². The lowest BCUT2D eigenvalue weighted by Gasteiger charge is -2.16. The highest BCUT2D eigenvalue weighted by Crippen LogP contribution is 2.29. The molecule has 0 aliphatic carbocycles. The summed E-state index contributed by atoms with van der Waals surface area (Å²) in [5.74, 6) is -1.71. The minimum atomic E-state index is -4.44. The van der Waals surface area contributed by atoms with Crippen molar-refractivity contribution in [2.75, 3.05) is 6.61 Å². The van der Waals surface area contributed by atoms with Crippen molar-refractivity contribution >= 4 is 23.7 Å². The first-order valence-corrected chi connectivity index (χ1v) is 9.01. The van der Waals surface area contributed by atoms with Crippen LogP contribution in [-0.2, 0) is 31.7 Å². The molecule has 2 aromatic rings. The number of ether oxygens (including phenoxy) is 1. The maximum atomic E-state index is 12.5. The number of carbonyl (C=O) groups is 3. The number of carbonyl (C=O) groups excluding carboxylic acids is 3. The molecule has 0 heterocycles. The highest BCUT2D eigenvalue weighted by atomic mass is 19.4. The number of hydrogen-bond donors (Lipinski definition) is 1. The Morgan fingerprint density at radius 3 is 2.23 bits per heavy atom. The van der Waals surface area contributed by atoms with Crippen LogP contribution in [0, 0.1) is 0 Å². The summed E-state index contributed by atoms with van der Waals surface area (Å²) >= 11 is 0. The molecule has 1 N–H and O–H groups in total. The molecule has 0 radical (unpaired) electrons. The Morgan fingerprint density at radius 1 is 1.03 bits per heavy atom. The molecule has 0 fully saturated rings. The number of benzene rings is 2. The van der Waals surface area contributed by atoms with Gasteiger partial charge in [-0.1, -0.05) is 42.5 Å². The first kappa shape index (κ1) is 22.9. The lowest BCUT2D eigenvalue weighted by molar-refractivity contribution is -0.144. The van der Waals surface area contributed by atoms with Gasteiger partial charge in [0.15, 0.2) is 12.4 Å². The monoisotopic (exact) mass is 419 g/mol. The molecule has 2 rings (SSSR count). The first-order valence-electron chi connectivity index (χ1n) is 9.01. The number of Topliss-reactive ketones (excluding diaryl/α,β-unsaturated/α-hetero) is 1. The number of amides is 1. The van der Waals surface area contributed by atoms with Crippen LogP contribution in [0.25, 0.3) is 6.08 Å². The Balaban J connectivity index is 1.83. The maximum Gasteiger partial charge on any atom is 0.416 e. The average Bonchev–Trinajstić information content (AvgIpc) is 2.70. The van der Waals surface area contributed by atoms with E-state index in [4.69, 9.17) is 4.74 Å². The van der Waals surface area contributed by atoms with Gasteiger partial charge in [0.05, 0.1) is 11.6 Å². The highest BCUT2D eigenvalue weighted by Gasteiger charge is 2.29. The number of nitrogens with one attached hydrogen (secondary N) is 1. The van der Waals surface area contributed by atoms with Crippen molar-refractivity contribution in [1.29, 1.82) is 0 Å². The summed E-state index contributed by atoms with van der Waals surface area (Å²) < 4.78 is 42.4. The van der Waals surface area contributed by atoms with Gasteiger partial charge in [-0.05, 0) is 42.7 Å². The van der Waals surface area contributed by atoms with E-state index in [2.05, 4.69) is 5.32 Å². The van der Waals surface area contributed by atoms with Gasteiger partial charge < -0.3 is 10.1 Å². The lowest BCUT2D eigenvalue weighted by Crippen LogP contribution is -2.43. The van der Waals surface area contributed by atoms with Crippen molar-refractivity contribution in [3.8, 4) is 0 Å². The summed E-state index contributed by atoms with van der Waals surface area (Å²) in [7, 11) is 0. The van der Waals surface area contributed by atoms with Crippen LogP contribution < -0.4 is 5.32 Å². The van der Waals surface area contributed by atoms with Crippen molar-refractivity contribution in [2.24, 2.45) is 0 Å². The topological polar surface area (TPSA) is 72.5 Å². The predicted molar refractivity (Wildman–Crippen MR) is 104 cm³/mol. The number of alkyl halides is 3. The fourth-order valence-electron chi connectivity index (χ4n) is 2.51. The quantitative estimate of drug-likeness (QED) is 0.525. The predicted octanol–water partition coefficient (Wildman–Crippen LogP) is 3.58. The van der Waals surface area contributed by atoms with Gasteiger partial charge in [0.2, 0.25) is 0 Å². The third kappa shape index (κ3) is 7.54. The normalized spacial score (nSPS) is 12.4. The van der Waals surface area contributed by atoms with Gasteiger partial charge in [-0.2, -0.15) is 13.2 Å². The van der Waals surface area contributed by atoms with Crippen LogP contribution in [0.15, 0.2) is 60.7 Å². The molecule has 30 heavy (non-hydrogen) atoms. The Morgan fingerprint density at radius 2 is 1.67 bits per heavy atom. The molecule has 0 aromatic heterocycles. The van der Waals surface area contributed by atoms with Crippen LogP contribution in [0.5, 0.6) is 0 Å². The molecular weight excluding hydrogens is 399 g/mol. The van der Waals surface area contributed by atoms with Crippen molar-refractivity contribution in [3.05, 3.63) is 77.4 Å². The standard InChI is InChI=1S/C22H20F3NO4/c1-15(27)19(13-17-5-3-2-4-6-17)26-20(28)14-30-21(29)12-9-16-7-10-18(11-8-16)22(23,24)25/h2-12,19H,13-14H2,1H3,(H,26,28)/b12-9+/t19-/m0/s1. The van der Waals surface area contributed by atoms with Gasteiger partial charge >= 0.3 is 12.1 Å². The molecule has 0 unspecified atom stereocenters. The summed E-state index contributed by atoms with van der Waals surface area (Å²) in [6.45, 7) is 0.765. The van der Waals surface area contributed by atoms with Crippen LogP contribution in [0.4, 0.5) is 13.2 Å². The summed E-state index contributed by atoms with van der Waals surface area (Å²) in [4.78, 5) is 35.5. The fraction of sp³-hybridized carbons (Fsp3) is 0.227. The number of halogens is 3. The van der Waals surface area contributed by atoms with E-state index in [1.165, 1.54) is 25.1 Å². The SMILES string of the molecule is CC(=O)[C@H](Cc1ccccc1)NC(=O)COC(=O)/C=C/c1ccc(C(F)(F)F)cc1. The van der Waals surface area contributed by atoms with Crippen molar-refractivity contribution in [2.45, 2.75) is 25.6 Å². The minimum absolute atomic E-state index is 0.235. The van der Waals surface area contributed by atoms with Crippen LogP contribution >= 0.6 is 0 Å². The zero-order valence-electron chi connectivity index (χ0n) is 16.1. The Bertz CT molecular complexity index is 906. The number of esters is 1.